The Bertz CT molecular complexity index is 1330. The van der Waals surface area contributed by atoms with E-state index in [1.165, 1.54) is 33.6 Å². The molecule has 2 amide bonds. The fourth-order valence-corrected chi connectivity index (χ4v) is 3.69. The van der Waals surface area contributed by atoms with Gasteiger partial charge in [0.2, 0.25) is 5.91 Å². The van der Waals surface area contributed by atoms with E-state index in [1.54, 1.807) is 42.5 Å². The van der Waals surface area contributed by atoms with E-state index in [9.17, 15) is 14.4 Å². The average molecular weight is 548 g/mol. The number of amides is 2. The zero-order valence-electron chi connectivity index (χ0n) is 22.8. The molecule has 10 nitrogen and oxygen atoms in total. The minimum atomic E-state index is -0.591. The molecule has 0 saturated carbocycles. The van der Waals surface area contributed by atoms with Gasteiger partial charge in [0.1, 0.15) is 0 Å². The zero-order chi connectivity index (χ0) is 28.7. The lowest BCUT2D eigenvalue weighted by Crippen LogP contribution is -2.24. The Morgan fingerprint density at radius 2 is 1.45 bits per heavy atom. The van der Waals surface area contributed by atoms with Crippen molar-refractivity contribution in [1.82, 2.24) is 10.7 Å². The van der Waals surface area contributed by atoms with Crippen LogP contribution < -0.4 is 29.7 Å². The maximum atomic E-state index is 12.6. The summed E-state index contributed by atoms with van der Waals surface area (Å²) in [5.41, 5.74) is 4.05. The molecule has 0 fully saturated rings. The number of methoxy groups -OCH3 is 3. The zero-order valence-corrected chi connectivity index (χ0v) is 22.8. The van der Waals surface area contributed by atoms with E-state index in [2.05, 4.69) is 15.8 Å². The number of unbranched alkanes of at least 4 members (excludes halogenated alkanes) is 2. The Kier molecular flexibility index (Phi) is 11.5. The SMILES string of the molecule is COc1ccc(C(=O)Oc2ccc(/C=N/NC(=O)CCCCCNC(=O)c3ccccc3)cc2OC)cc1OC. The highest BCUT2D eigenvalue weighted by Gasteiger charge is 2.15. The number of rotatable bonds is 14. The molecule has 0 unspecified atom stereocenters. The van der Waals surface area contributed by atoms with Crippen LogP contribution in [0.5, 0.6) is 23.0 Å². The second-order valence-corrected chi connectivity index (χ2v) is 8.60. The Morgan fingerprint density at radius 1 is 0.750 bits per heavy atom. The van der Waals surface area contributed by atoms with Gasteiger partial charge in [0.05, 0.1) is 33.1 Å². The molecule has 0 aliphatic carbocycles. The number of hydrogen-bond donors (Lipinski definition) is 2. The lowest BCUT2D eigenvalue weighted by molar-refractivity contribution is -0.121. The van der Waals surface area contributed by atoms with E-state index >= 15 is 0 Å². The van der Waals surface area contributed by atoms with Crippen molar-refractivity contribution < 1.29 is 33.3 Å². The van der Waals surface area contributed by atoms with Crippen molar-refractivity contribution >= 4 is 24.0 Å². The first-order chi connectivity index (χ1) is 19.4. The van der Waals surface area contributed by atoms with Gasteiger partial charge in [-0.2, -0.15) is 5.10 Å². The first-order valence-electron chi connectivity index (χ1n) is 12.7. The van der Waals surface area contributed by atoms with E-state index < -0.39 is 5.97 Å². The molecule has 10 heteroatoms. The summed E-state index contributed by atoms with van der Waals surface area (Å²) in [7, 11) is 4.45. The number of hydrogen-bond acceptors (Lipinski definition) is 8. The smallest absolute Gasteiger partial charge is 0.343 e. The molecule has 0 aliphatic heterocycles. The van der Waals surface area contributed by atoms with Crippen LogP contribution in [0.1, 0.15) is 52.0 Å². The number of esters is 1. The van der Waals surface area contributed by atoms with Crippen molar-refractivity contribution in [2.24, 2.45) is 5.10 Å². The summed E-state index contributed by atoms with van der Waals surface area (Å²) in [4.78, 5) is 36.7. The van der Waals surface area contributed by atoms with Gasteiger partial charge in [0.15, 0.2) is 23.0 Å². The molecule has 0 saturated heterocycles. The summed E-state index contributed by atoms with van der Waals surface area (Å²) in [5.74, 6) is 0.547. The van der Waals surface area contributed by atoms with Crippen LogP contribution >= 0.6 is 0 Å². The number of ether oxygens (including phenoxy) is 4. The molecule has 0 atom stereocenters. The highest BCUT2D eigenvalue weighted by atomic mass is 16.6. The van der Waals surface area contributed by atoms with Crippen molar-refractivity contribution in [1.29, 1.82) is 0 Å². The summed E-state index contributed by atoms with van der Waals surface area (Å²) in [5, 5.41) is 6.86. The van der Waals surface area contributed by atoms with E-state index in [0.29, 0.717) is 47.8 Å². The predicted molar refractivity (Wildman–Crippen MR) is 150 cm³/mol. The lowest BCUT2D eigenvalue weighted by Gasteiger charge is -2.11. The molecule has 3 rings (SSSR count). The molecule has 2 N–H and O–H groups in total. The van der Waals surface area contributed by atoms with Crippen LogP contribution in [0, 0.1) is 0 Å². The van der Waals surface area contributed by atoms with Crippen LogP contribution in [0.15, 0.2) is 71.8 Å². The van der Waals surface area contributed by atoms with Crippen LogP contribution in [0.4, 0.5) is 0 Å². The predicted octanol–water partition coefficient (Wildman–Crippen LogP) is 4.37. The first-order valence-corrected chi connectivity index (χ1v) is 12.7. The Balaban J connectivity index is 1.42. The van der Waals surface area contributed by atoms with Gasteiger partial charge in [-0.15, -0.1) is 0 Å². The van der Waals surface area contributed by atoms with E-state index in [-0.39, 0.29) is 23.1 Å². The van der Waals surface area contributed by atoms with Gasteiger partial charge >= 0.3 is 5.97 Å². The quantitative estimate of drug-likeness (QED) is 0.101. The molecule has 0 bridgehead atoms. The molecule has 3 aromatic rings. The third kappa shape index (κ3) is 8.87. The van der Waals surface area contributed by atoms with Gasteiger partial charge in [-0.25, -0.2) is 10.2 Å². The minimum absolute atomic E-state index is 0.103. The molecule has 0 spiro atoms. The third-order valence-corrected chi connectivity index (χ3v) is 5.81. The molecule has 0 heterocycles. The van der Waals surface area contributed by atoms with Crippen molar-refractivity contribution in [3.05, 3.63) is 83.4 Å². The highest BCUT2D eigenvalue weighted by Crippen LogP contribution is 2.31. The number of nitrogens with one attached hydrogen (secondary N) is 2. The molecule has 40 heavy (non-hydrogen) atoms. The molecular formula is C30H33N3O7. The number of hydrazone groups is 1. The van der Waals surface area contributed by atoms with Crippen molar-refractivity contribution in [3.8, 4) is 23.0 Å². The Labute approximate surface area is 233 Å². The molecule has 3 aromatic carbocycles. The highest BCUT2D eigenvalue weighted by molar-refractivity contribution is 5.94. The Morgan fingerprint density at radius 3 is 2.17 bits per heavy atom. The van der Waals surface area contributed by atoms with Gasteiger partial charge in [-0.3, -0.25) is 9.59 Å². The number of carbonyl (C=O) groups is 3. The van der Waals surface area contributed by atoms with Gasteiger partial charge in [0.25, 0.3) is 5.91 Å². The van der Waals surface area contributed by atoms with E-state index in [0.717, 1.165) is 12.8 Å². The standard InChI is InChI=1S/C30H33N3O7/c1-37-24-16-14-23(19-27(24)39-3)30(36)40-25-15-13-21(18-26(25)38-2)20-32-33-28(34)12-8-5-9-17-31-29(35)22-10-6-4-7-11-22/h4,6-7,10-11,13-16,18-20H,5,8-9,12,17H2,1-3H3,(H,31,35)(H,33,34)/b32-20+. The van der Waals surface area contributed by atoms with Crippen molar-refractivity contribution in [2.75, 3.05) is 27.9 Å². The number of benzene rings is 3. The maximum Gasteiger partial charge on any atom is 0.343 e. The summed E-state index contributed by atoms with van der Waals surface area (Å²) < 4.78 is 21.3. The van der Waals surface area contributed by atoms with Crippen LogP contribution in [-0.4, -0.2) is 51.9 Å². The molecule has 0 aromatic heterocycles. The summed E-state index contributed by atoms with van der Waals surface area (Å²) >= 11 is 0. The van der Waals surface area contributed by atoms with E-state index in [4.69, 9.17) is 18.9 Å². The van der Waals surface area contributed by atoms with Gasteiger partial charge in [-0.05, 0) is 66.9 Å². The molecular weight excluding hydrogens is 514 g/mol. The van der Waals surface area contributed by atoms with E-state index in [1.807, 2.05) is 18.2 Å². The first kappa shape index (κ1) is 29.7. The summed E-state index contributed by atoms with van der Waals surface area (Å²) in [6, 6.07) is 18.7. The average Bonchev–Trinajstić information content (AvgIpc) is 2.99. The number of nitrogens with zero attached hydrogens (tertiary/aromatic N) is 1. The molecule has 0 radical (unpaired) electrons. The minimum Gasteiger partial charge on any atom is -0.493 e. The van der Waals surface area contributed by atoms with Crippen molar-refractivity contribution in [3.63, 3.8) is 0 Å². The lowest BCUT2D eigenvalue weighted by atomic mass is 10.2. The van der Waals surface area contributed by atoms with Gasteiger partial charge < -0.3 is 24.3 Å². The maximum absolute atomic E-state index is 12.6. The third-order valence-electron chi connectivity index (χ3n) is 5.81. The van der Waals surface area contributed by atoms with Crippen LogP contribution in [0.25, 0.3) is 0 Å². The molecule has 0 aliphatic rings. The van der Waals surface area contributed by atoms with Gasteiger partial charge in [0, 0.05) is 18.5 Å². The number of carbonyl (C=O) groups excluding carboxylic acids is 3. The van der Waals surface area contributed by atoms with Crippen LogP contribution in [0.3, 0.4) is 0 Å². The fourth-order valence-electron chi connectivity index (χ4n) is 3.69. The summed E-state index contributed by atoms with van der Waals surface area (Å²) in [6.45, 7) is 0.551. The largest absolute Gasteiger partial charge is 0.493 e. The Hall–Kier alpha value is -4.86. The van der Waals surface area contributed by atoms with Crippen LogP contribution in [0.2, 0.25) is 0 Å². The topological polar surface area (TPSA) is 125 Å². The van der Waals surface area contributed by atoms with Crippen molar-refractivity contribution in [2.45, 2.75) is 25.7 Å². The molecule has 210 valence electrons. The second-order valence-electron chi connectivity index (χ2n) is 8.60. The summed E-state index contributed by atoms with van der Waals surface area (Å²) in [6.07, 6.45) is 4.04. The second kappa shape index (κ2) is 15.5. The van der Waals surface area contributed by atoms with Gasteiger partial charge in [-0.1, -0.05) is 24.6 Å². The monoisotopic (exact) mass is 547 g/mol. The fraction of sp³-hybridized carbons (Fsp3) is 0.267. The van der Waals surface area contributed by atoms with Crippen LogP contribution in [-0.2, 0) is 4.79 Å². The normalized spacial score (nSPS) is 10.6.